The Bertz CT molecular complexity index is 395. The normalized spacial score (nSPS) is 12.2. The molecule has 18 heavy (non-hydrogen) atoms. The molecule has 0 fully saturated rings. The minimum atomic E-state index is -4.33. The van der Waals surface area contributed by atoms with Crippen molar-refractivity contribution < 1.29 is 17.6 Å². The van der Waals surface area contributed by atoms with E-state index in [4.69, 9.17) is 23.2 Å². The zero-order valence-corrected chi connectivity index (χ0v) is 10.8. The Morgan fingerprint density at radius 3 is 2.44 bits per heavy atom. The Balaban J connectivity index is 2.80. The fraction of sp³-hybridized carbons (Fsp3) is 0.455. The molecule has 0 heterocycles. The Kier molecular flexibility index (Phi) is 5.69. The van der Waals surface area contributed by atoms with Crippen molar-refractivity contribution >= 4 is 23.2 Å². The van der Waals surface area contributed by atoms with Crippen molar-refractivity contribution in [2.24, 2.45) is 0 Å². The van der Waals surface area contributed by atoms with E-state index in [2.05, 4.69) is 0 Å². The SMILES string of the molecule is Fc1cccc(CN(CCCl)CC(F)(F)F)c1Cl. The second kappa shape index (κ2) is 6.59. The average molecular weight is 304 g/mol. The molecular formula is C11H11Cl2F4N. The van der Waals surface area contributed by atoms with Crippen LogP contribution in [0.2, 0.25) is 5.02 Å². The number of hydrogen-bond acceptors (Lipinski definition) is 1. The van der Waals surface area contributed by atoms with Crippen LogP contribution in [0.25, 0.3) is 0 Å². The van der Waals surface area contributed by atoms with Gasteiger partial charge in [0.15, 0.2) is 0 Å². The quantitative estimate of drug-likeness (QED) is 0.585. The summed E-state index contributed by atoms with van der Waals surface area (Å²) in [5.41, 5.74) is 0.311. The molecule has 0 unspecified atom stereocenters. The lowest BCUT2D eigenvalue weighted by molar-refractivity contribution is -0.146. The van der Waals surface area contributed by atoms with Crippen LogP contribution in [-0.4, -0.2) is 30.0 Å². The Hall–Kier alpha value is -0.520. The summed E-state index contributed by atoms with van der Waals surface area (Å²) in [6.45, 7) is -1.15. The molecule has 0 amide bonds. The Morgan fingerprint density at radius 1 is 1.22 bits per heavy atom. The minimum Gasteiger partial charge on any atom is -0.289 e. The molecule has 7 heteroatoms. The third kappa shape index (κ3) is 5.00. The highest BCUT2D eigenvalue weighted by atomic mass is 35.5. The molecule has 0 aromatic heterocycles. The van der Waals surface area contributed by atoms with Gasteiger partial charge in [-0.05, 0) is 11.6 Å². The summed E-state index contributed by atoms with van der Waals surface area (Å²) >= 11 is 11.1. The highest BCUT2D eigenvalue weighted by Gasteiger charge is 2.30. The molecule has 0 aliphatic rings. The van der Waals surface area contributed by atoms with Gasteiger partial charge >= 0.3 is 6.18 Å². The maximum absolute atomic E-state index is 13.2. The maximum Gasteiger partial charge on any atom is 0.401 e. The van der Waals surface area contributed by atoms with Crippen LogP contribution in [0.3, 0.4) is 0 Å². The van der Waals surface area contributed by atoms with E-state index in [9.17, 15) is 17.6 Å². The standard InChI is InChI=1S/C11H11Cl2F4N/c12-4-5-18(7-11(15,16)17)6-8-2-1-3-9(14)10(8)13/h1-3H,4-7H2. The van der Waals surface area contributed by atoms with Gasteiger partial charge in [-0.1, -0.05) is 23.7 Å². The fourth-order valence-corrected chi connectivity index (χ4v) is 1.92. The number of rotatable bonds is 5. The molecule has 0 N–H and O–H groups in total. The van der Waals surface area contributed by atoms with Crippen molar-refractivity contribution in [3.8, 4) is 0 Å². The summed E-state index contributed by atoms with van der Waals surface area (Å²) in [5, 5.41) is -0.153. The van der Waals surface area contributed by atoms with Crippen LogP contribution in [0.1, 0.15) is 5.56 Å². The average Bonchev–Trinajstić information content (AvgIpc) is 2.23. The lowest BCUT2D eigenvalue weighted by atomic mass is 10.2. The molecule has 0 atom stereocenters. The van der Waals surface area contributed by atoms with Gasteiger partial charge in [0.25, 0.3) is 0 Å². The van der Waals surface area contributed by atoms with E-state index in [0.29, 0.717) is 5.56 Å². The van der Waals surface area contributed by atoms with Gasteiger partial charge < -0.3 is 0 Å². The first-order valence-corrected chi connectivity index (χ1v) is 6.02. The van der Waals surface area contributed by atoms with Crippen molar-refractivity contribution in [2.45, 2.75) is 12.7 Å². The van der Waals surface area contributed by atoms with Crippen molar-refractivity contribution in [2.75, 3.05) is 19.0 Å². The van der Waals surface area contributed by atoms with Crippen LogP contribution in [0.4, 0.5) is 17.6 Å². The van der Waals surface area contributed by atoms with Crippen molar-refractivity contribution in [3.05, 3.63) is 34.6 Å². The van der Waals surface area contributed by atoms with Crippen molar-refractivity contribution in [1.29, 1.82) is 0 Å². The van der Waals surface area contributed by atoms with Gasteiger partial charge in [0.05, 0.1) is 11.6 Å². The van der Waals surface area contributed by atoms with E-state index in [1.807, 2.05) is 0 Å². The van der Waals surface area contributed by atoms with Gasteiger partial charge in [-0.3, -0.25) is 4.90 Å². The van der Waals surface area contributed by atoms with Gasteiger partial charge in [-0.15, -0.1) is 11.6 Å². The highest BCUT2D eigenvalue weighted by molar-refractivity contribution is 6.31. The van der Waals surface area contributed by atoms with Gasteiger partial charge in [0.1, 0.15) is 5.82 Å². The first-order valence-electron chi connectivity index (χ1n) is 5.11. The first-order chi connectivity index (χ1) is 8.33. The van der Waals surface area contributed by atoms with Crippen LogP contribution < -0.4 is 0 Å². The molecule has 0 radical (unpaired) electrons. The minimum absolute atomic E-state index is 0.0495. The molecule has 0 aliphatic carbocycles. The largest absolute Gasteiger partial charge is 0.401 e. The van der Waals surface area contributed by atoms with E-state index in [1.165, 1.54) is 12.1 Å². The molecule has 0 bridgehead atoms. The van der Waals surface area contributed by atoms with Gasteiger partial charge in [0.2, 0.25) is 0 Å². The van der Waals surface area contributed by atoms with E-state index in [1.54, 1.807) is 0 Å². The lowest BCUT2D eigenvalue weighted by Gasteiger charge is -2.23. The van der Waals surface area contributed by atoms with Crippen molar-refractivity contribution in [1.82, 2.24) is 4.90 Å². The maximum atomic E-state index is 13.2. The number of nitrogens with zero attached hydrogens (tertiary/aromatic N) is 1. The molecule has 0 spiro atoms. The summed E-state index contributed by atoms with van der Waals surface area (Å²) in [5.74, 6) is -0.588. The number of benzene rings is 1. The second-order valence-electron chi connectivity index (χ2n) is 3.73. The van der Waals surface area contributed by atoms with E-state index >= 15 is 0 Å². The summed E-state index contributed by atoms with van der Waals surface area (Å²) in [4.78, 5) is 1.08. The molecule has 1 nitrogen and oxygen atoms in total. The molecule has 1 aromatic carbocycles. The monoisotopic (exact) mass is 303 g/mol. The zero-order chi connectivity index (χ0) is 13.8. The van der Waals surface area contributed by atoms with Gasteiger partial charge in [0, 0.05) is 19.0 Å². The topological polar surface area (TPSA) is 3.24 Å². The summed E-state index contributed by atoms with van der Waals surface area (Å²) in [6, 6.07) is 4.05. The lowest BCUT2D eigenvalue weighted by Crippen LogP contribution is -2.35. The number of hydrogen-bond donors (Lipinski definition) is 0. The zero-order valence-electron chi connectivity index (χ0n) is 9.28. The molecular weight excluding hydrogens is 293 g/mol. The van der Waals surface area contributed by atoms with Crippen LogP contribution in [-0.2, 0) is 6.54 Å². The number of alkyl halides is 4. The van der Waals surface area contributed by atoms with E-state index < -0.39 is 18.5 Å². The predicted octanol–water partition coefficient (Wildman–Crippen LogP) is 4.08. The van der Waals surface area contributed by atoms with Gasteiger partial charge in [-0.2, -0.15) is 13.2 Å². The van der Waals surface area contributed by atoms with Crippen LogP contribution in [0.5, 0.6) is 0 Å². The third-order valence-electron chi connectivity index (χ3n) is 2.23. The van der Waals surface area contributed by atoms with Crippen LogP contribution >= 0.6 is 23.2 Å². The fourth-order valence-electron chi connectivity index (χ4n) is 1.50. The molecule has 0 saturated heterocycles. The van der Waals surface area contributed by atoms with E-state index in [0.717, 1.165) is 11.0 Å². The molecule has 0 saturated carbocycles. The van der Waals surface area contributed by atoms with E-state index in [-0.39, 0.29) is 24.0 Å². The molecule has 102 valence electrons. The molecule has 1 rings (SSSR count). The number of halogens is 6. The predicted molar refractivity (Wildman–Crippen MR) is 63.5 cm³/mol. The van der Waals surface area contributed by atoms with Crippen molar-refractivity contribution in [3.63, 3.8) is 0 Å². The van der Waals surface area contributed by atoms with Crippen LogP contribution in [0, 0.1) is 5.82 Å². The summed E-state index contributed by atoms with van der Waals surface area (Å²) < 4.78 is 50.1. The molecule has 1 aromatic rings. The highest BCUT2D eigenvalue weighted by Crippen LogP contribution is 2.23. The van der Waals surface area contributed by atoms with Crippen LogP contribution in [0.15, 0.2) is 18.2 Å². The summed E-state index contributed by atoms with van der Waals surface area (Å²) in [6.07, 6.45) is -4.33. The Morgan fingerprint density at radius 2 is 1.89 bits per heavy atom. The smallest absolute Gasteiger partial charge is 0.289 e. The second-order valence-corrected chi connectivity index (χ2v) is 4.48. The Labute approximate surface area is 112 Å². The van der Waals surface area contributed by atoms with Gasteiger partial charge in [-0.25, -0.2) is 4.39 Å². The summed E-state index contributed by atoms with van der Waals surface area (Å²) in [7, 11) is 0. The molecule has 0 aliphatic heterocycles. The first kappa shape index (κ1) is 15.5. The third-order valence-corrected chi connectivity index (χ3v) is 2.82.